The average molecular weight is 390 g/mol. The molecule has 0 aromatic carbocycles. The first-order chi connectivity index (χ1) is 12.6. The van der Waals surface area contributed by atoms with Crippen LogP contribution in [0.25, 0.3) is 11.4 Å². The van der Waals surface area contributed by atoms with Crippen molar-refractivity contribution in [3.8, 4) is 11.4 Å². The van der Waals surface area contributed by atoms with Crippen LogP contribution in [0.5, 0.6) is 0 Å². The Labute approximate surface area is 159 Å². The Balaban J connectivity index is 1.78. The van der Waals surface area contributed by atoms with Crippen LogP contribution in [-0.2, 0) is 11.3 Å². The molecule has 8 nitrogen and oxygen atoms in total. The molecule has 3 aromatic heterocycles. The number of thioether (sulfide) groups is 1. The summed E-state index contributed by atoms with van der Waals surface area (Å²) in [5, 5.41) is 21.0. The molecule has 1 atom stereocenters. The Morgan fingerprint density at radius 2 is 2.00 bits per heavy atom. The molecule has 0 aliphatic rings. The third-order valence-corrected chi connectivity index (χ3v) is 5.74. The molecule has 0 fully saturated rings. The number of pyridine rings is 1. The van der Waals surface area contributed by atoms with Gasteiger partial charge in [-0.15, -0.1) is 20.4 Å². The number of nitrogens with zero attached hydrogens (tertiary/aromatic N) is 6. The monoisotopic (exact) mass is 389 g/mol. The van der Waals surface area contributed by atoms with Crippen LogP contribution in [0.2, 0.25) is 0 Å². The molecule has 1 N–H and O–H groups in total. The molecule has 3 rings (SSSR count). The minimum atomic E-state index is -0.293. The fourth-order valence-electron chi connectivity index (χ4n) is 2.36. The molecule has 0 saturated carbocycles. The number of aromatic nitrogens is 6. The summed E-state index contributed by atoms with van der Waals surface area (Å²) in [6.07, 6.45) is 4.11. The predicted molar refractivity (Wildman–Crippen MR) is 102 cm³/mol. The minimum absolute atomic E-state index is 0.107. The number of anilines is 1. The fraction of sp³-hybridized carbons (Fsp3) is 0.375. The van der Waals surface area contributed by atoms with E-state index in [0.29, 0.717) is 18.1 Å². The molecule has 0 radical (unpaired) electrons. The highest BCUT2D eigenvalue weighted by Gasteiger charge is 2.23. The zero-order valence-corrected chi connectivity index (χ0v) is 16.3. The zero-order chi connectivity index (χ0) is 18.5. The molecule has 0 unspecified atom stereocenters. The summed E-state index contributed by atoms with van der Waals surface area (Å²) in [6.45, 7) is 6.56. The Kier molecular flexibility index (Phi) is 5.94. The third kappa shape index (κ3) is 4.07. The second kappa shape index (κ2) is 8.37. The lowest BCUT2D eigenvalue weighted by atomic mass is 10.2. The van der Waals surface area contributed by atoms with E-state index in [0.717, 1.165) is 21.6 Å². The maximum absolute atomic E-state index is 12.6. The van der Waals surface area contributed by atoms with Gasteiger partial charge in [0.15, 0.2) is 11.0 Å². The maximum Gasteiger partial charge on any atom is 0.239 e. The van der Waals surface area contributed by atoms with E-state index >= 15 is 0 Å². The van der Waals surface area contributed by atoms with Crippen molar-refractivity contribution in [3.63, 3.8) is 0 Å². The van der Waals surface area contributed by atoms with Gasteiger partial charge in [-0.1, -0.05) is 30.0 Å². The van der Waals surface area contributed by atoms with Gasteiger partial charge in [-0.05, 0) is 32.4 Å². The number of amides is 1. The second-order valence-electron chi connectivity index (χ2n) is 5.42. The smallest absolute Gasteiger partial charge is 0.239 e. The van der Waals surface area contributed by atoms with Gasteiger partial charge in [0.2, 0.25) is 11.0 Å². The van der Waals surface area contributed by atoms with Gasteiger partial charge in [0, 0.05) is 24.5 Å². The Morgan fingerprint density at radius 1 is 1.23 bits per heavy atom. The summed E-state index contributed by atoms with van der Waals surface area (Å²) in [5.41, 5.74) is 0.947. The van der Waals surface area contributed by atoms with Crippen LogP contribution < -0.4 is 5.32 Å². The van der Waals surface area contributed by atoms with Gasteiger partial charge >= 0.3 is 0 Å². The molecule has 0 bridgehead atoms. The van der Waals surface area contributed by atoms with Gasteiger partial charge in [0.25, 0.3) is 0 Å². The van der Waals surface area contributed by atoms with Crippen LogP contribution >= 0.6 is 23.1 Å². The van der Waals surface area contributed by atoms with Crippen LogP contribution in [0.15, 0.2) is 29.7 Å². The molecule has 0 saturated heterocycles. The van der Waals surface area contributed by atoms with Gasteiger partial charge in [0.1, 0.15) is 5.01 Å². The topological polar surface area (TPSA) is 98.5 Å². The highest BCUT2D eigenvalue weighted by atomic mass is 32.2. The summed E-state index contributed by atoms with van der Waals surface area (Å²) in [4.78, 5) is 16.6. The molecule has 0 aliphatic carbocycles. The van der Waals surface area contributed by atoms with Crippen LogP contribution in [0.1, 0.15) is 25.3 Å². The molecule has 3 heterocycles. The molecule has 26 heavy (non-hydrogen) atoms. The minimum Gasteiger partial charge on any atom is -0.302 e. The molecule has 136 valence electrons. The Hall–Kier alpha value is -2.33. The standard InChI is InChI=1S/C16H19N7OS2/c1-4-12(14(24)18-15-21-19-10(3)25-15)26-16-22-20-13(23(16)5-2)11-6-8-17-9-7-11/h6-9,12H,4-5H2,1-3H3,(H,18,21,24)/t12-/m0/s1. The van der Waals surface area contributed by atoms with Gasteiger partial charge in [-0.2, -0.15) is 0 Å². The van der Waals surface area contributed by atoms with Crippen molar-refractivity contribution in [1.29, 1.82) is 0 Å². The van der Waals surface area contributed by atoms with Crippen molar-refractivity contribution in [2.75, 3.05) is 5.32 Å². The number of aryl methyl sites for hydroxylation is 1. The molecular formula is C16H19N7OS2. The van der Waals surface area contributed by atoms with Crippen LogP contribution in [0, 0.1) is 6.92 Å². The van der Waals surface area contributed by atoms with Crippen molar-refractivity contribution in [3.05, 3.63) is 29.5 Å². The van der Waals surface area contributed by atoms with E-state index < -0.39 is 0 Å². The van der Waals surface area contributed by atoms with Crippen molar-refractivity contribution in [2.45, 2.75) is 44.1 Å². The van der Waals surface area contributed by atoms with Crippen molar-refractivity contribution >= 4 is 34.1 Å². The SMILES string of the molecule is CC[C@H](Sc1nnc(-c2ccncc2)n1CC)C(=O)Nc1nnc(C)s1. The highest BCUT2D eigenvalue weighted by Crippen LogP contribution is 2.29. The normalized spacial score (nSPS) is 12.1. The van der Waals surface area contributed by atoms with Gasteiger partial charge in [-0.3, -0.25) is 15.1 Å². The predicted octanol–water partition coefficient (Wildman–Crippen LogP) is 3.03. The number of hydrogen-bond donors (Lipinski definition) is 1. The summed E-state index contributed by atoms with van der Waals surface area (Å²) in [7, 11) is 0. The van der Waals surface area contributed by atoms with Gasteiger partial charge in [-0.25, -0.2) is 0 Å². The van der Waals surface area contributed by atoms with Crippen molar-refractivity contribution in [2.24, 2.45) is 0 Å². The first-order valence-electron chi connectivity index (χ1n) is 8.23. The summed E-state index contributed by atoms with van der Waals surface area (Å²) < 4.78 is 2.00. The van der Waals surface area contributed by atoms with E-state index in [9.17, 15) is 4.79 Å². The number of carbonyl (C=O) groups is 1. The lowest BCUT2D eigenvalue weighted by Gasteiger charge is -2.13. The second-order valence-corrected chi connectivity index (χ2v) is 7.77. The average Bonchev–Trinajstić information content (AvgIpc) is 3.25. The van der Waals surface area contributed by atoms with Crippen LogP contribution in [-0.4, -0.2) is 41.1 Å². The first-order valence-corrected chi connectivity index (χ1v) is 9.93. The van der Waals surface area contributed by atoms with E-state index in [1.807, 2.05) is 37.5 Å². The summed E-state index contributed by atoms with van der Waals surface area (Å²) >= 11 is 2.76. The van der Waals surface area contributed by atoms with E-state index in [4.69, 9.17) is 0 Å². The van der Waals surface area contributed by atoms with Crippen molar-refractivity contribution in [1.82, 2.24) is 29.9 Å². The lowest BCUT2D eigenvalue weighted by Crippen LogP contribution is -2.25. The first kappa shape index (κ1) is 18.5. The third-order valence-electron chi connectivity index (χ3n) is 3.64. The van der Waals surface area contributed by atoms with Crippen LogP contribution in [0.4, 0.5) is 5.13 Å². The molecule has 10 heteroatoms. The van der Waals surface area contributed by atoms with Gasteiger partial charge < -0.3 is 4.57 Å². The van der Waals surface area contributed by atoms with Gasteiger partial charge in [0.05, 0.1) is 5.25 Å². The molecular weight excluding hydrogens is 370 g/mol. The number of rotatable bonds is 7. The zero-order valence-electron chi connectivity index (χ0n) is 14.7. The number of nitrogens with one attached hydrogen (secondary N) is 1. The molecule has 3 aromatic rings. The summed E-state index contributed by atoms with van der Waals surface area (Å²) in [5.74, 6) is 0.664. The lowest BCUT2D eigenvalue weighted by molar-refractivity contribution is -0.115. The van der Waals surface area contributed by atoms with Crippen LogP contribution in [0.3, 0.4) is 0 Å². The quantitative estimate of drug-likeness (QED) is 0.620. The van der Waals surface area contributed by atoms with E-state index in [1.165, 1.54) is 23.1 Å². The fourth-order valence-corrected chi connectivity index (χ4v) is 3.97. The van der Waals surface area contributed by atoms with E-state index in [2.05, 4.69) is 30.7 Å². The Bertz CT molecular complexity index is 878. The highest BCUT2D eigenvalue weighted by molar-refractivity contribution is 8.00. The van der Waals surface area contributed by atoms with E-state index in [1.54, 1.807) is 12.4 Å². The Morgan fingerprint density at radius 3 is 2.62 bits per heavy atom. The molecule has 0 spiro atoms. The van der Waals surface area contributed by atoms with E-state index in [-0.39, 0.29) is 11.2 Å². The molecule has 1 amide bonds. The number of carbonyl (C=O) groups excluding carboxylic acids is 1. The maximum atomic E-state index is 12.6. The van der Waals surface area contributed by atoms with Crippen molar-refractivity contribution < 1.29 is 4.79 Å². The number of hydrogen-bond acceptors (Lipinski definition) is 8. The summed E-state index contributed by atoms with van der Waals surface area (Å²) in [6, 6.07) is 3.79. The largest absolute Gasteiger partial charge is 0.302 e. The molecule has 0 aliphatic heterocycles.